The molecule has 1 N–H and O–H groups in total. The summed E-state index contributed by atoms with van der Waals surface area (Å²) in [5, 5.41) is 3.47. The molecule has 15 heavy (non-hydrogen) atoms. The largest absolute Gasteiger partial charge is 0.460 e. The van der Waals surface area contributed by atoms with Gasteiger partial charge in [-0.05, 0) is 52.0 Å². The highest BCUT2D eigenvalue weighted by molar-refractivity contribution is 5.70. The van der Waals surface area contributed by atoms with Crippen LogP contribution in [0.5, 0.6) is 0 Å². The van der Waals surface area contributed by atoms with Gasteiger partial charge in [-0.15, -0.1) is 0 Å². The molecule has 0 aromatic heterocycles. The number of fused-ring (bicyclic) bond motifs is 2. The lowest BCUT2D eigenvalue weighted by Gasteiger charge is -2.25. The summed E-state index contributed by atoms with van der Waals surface area (Å²) in [6.45, 7) is 6.91. The first-order valence-corrected chi connectivity index (χ1v) is 5.89. The van der Waals surface area contributed by atoms with Gasteiger partial charge in [0.15, 0.2) is 0 Å². The smallest absolute Gasteiger partial charge is 0.306 e. The quantitative estimate of drug-likeness (QED) is 0.707. The lowest BCUT2D eigenvalue weighted by molar-refractivity contribution is -0.156. The van der Waals surface area contributed by atoms with Gasteiger partial charge in [-0.1, -0.05) is 0 Å². The van der Waals surface area contributed by atoms with Crippen LogP contribution in [0.3, 0.4) is 0 Å². The molecular formula is C12H21NO2. The maximum absolute atomic E-state index is 11.6. The Morgan fingerprint density at radius 3 is 2.60 bits per heavy atom. The Labute approximate surface area is 91.6 Å². The molecule has 0 radical (unpaired) electrons. The molecule has 86 valence electrons. The molecule has 0 aromatic carbocycles. The summed E-state index contributed by atoms with van der Waals surface area (Å²) in [4.78, 5) is 11.6. The summed E-state index contributed by atoms with van der Waals surface area (Å²) >= 11 is 0. The maximum atomic E-state index is 11.6. The third-order valence-corrected chi connectivity index (χ3v) is 3.31. The Kier molecular flexibility index (Phi) is 2.75. The van der Waals surface area contributed by atoms with Crippen LogP contribution in [0, 0.1) is 11.8 Å². The van der Waals surface area contributed by atoms with E-state index in [-0.39, 0.29) is 11.6 Å². The van der Waals surface area contributed by atoms with Crippen LogP contribution < -0.4 is 5.32 Å². The van der Waals surface area contributed by atoms with Gasteiger partial charge in [-0.2, -0.15) is 0 Å². The predicted octanol–water partition coefficient (Wildman–Crippen LogP) is 1.72. The van der Waals surface area contributed by atoms with Crippen molar-refractivity contribution >= 4 is 5.97 Å². The number of rotatable bonds is 2. The Hall–Kier alpha value is -0.570. The van der Waals surface area contributed by atoms with E-state index in [9.17, 15) is 4.79 Å². The highest BCUT2D eigenvalue weighted by Crippen LogP contribution is 2.38. The van der Waals surface area contributed by atoms with E-state index in [0.29, 0.717) is 18.4 Å². The Morgan fingerprint density at radius 1 is 1.40 bits per heavy atom. The van der Waals surface area contributed by atoms with E-state index in [2.05, 4.69) is 5.32 Å². The van der Waals surface area contributed by atoms with Crippen molar-refractivity contribution in [3.8, 4) is 0 Å². The zero-order valence-corrected chi connectivity index (χ0v) is 9.88. The first-order valence-electron chi connectivity index (χ1n) is 5.89. The number of piperidine rings is 1. The van der Waals surface area contributed by atoms with Crippen molar-refractivity contribution < 1.29 is 9.53 Å². The second kappa shape index (κ2) is 3.78. The third-order valence-electron chi connectivity index (χ3n) is 3.31. The first kappa shape index (κ1) is 10.9. The number of ether oxygens (including phenoxy) is 1. The molecule has 1 aliphatic carbocycles. The minimum absolute atomic E-state index is 0.0400. The van der Waals surface area contributed by atoms with Crippen LogP contribution in [0.15, 0.2) is 0 Å². The van der Waals surface area contributed by atoms with Crippen molar-refractivity contribution in [1.82, 2.24) is 5.32 Å². The van der Waals surface area contributed by atoms with Gasteiger partial charge < -0.3 is 10.1 Å². The van der Waals surface area contributed by atoms with Gasteiger partial charge in [-0.25, -0.2) is 0 Å². The highest BCUT2D eigenvalue weighted by Gasteiger charge is 2.40. The summed E-state index contributed by atoms with van der Waals surface area (Å²) in [5.74, 6) is 1.28. The third kappa shape index (κ3) is 2.71. The molecule has 0 amide bonds. The second-order valence-corrected chi connectivity index (χ2v) is 5.90. The van der Waals surface area contributed by atoms with Gasteiger partial charge in [0.05, 0.1) is 0 Å². The van der Waals surface area contributed by atoms with E-state index < -0.39 is 0 Å². The van der Waals surface area contributed by atoms with E-state index in [1.807, 2.05) is 20.8 Å². The van der Waals surface area contributed by atoms with Crippen LogP contribution in [0.4, 0.5) is 0 Å². The normalized spacial score (nSPS) is 34.5. The molecule has 2 rings (SSSR count). The van der Waals surface area contributed by atoms with Crippen molar-refractivity contribution in [2.24, 2.45) is 11.8 Å². The molecule has 2 aliphatic rings. The standard InChI is InChI=1S/C12H21NO2/c1-12(2,3)15-11(14)6-9-4-8-5-10(9)13-7-8/h8-10,13H,4-7H2,1-3H3. The minimum Gasteiger partial charge on any atom is -0.460 e. The first-order chi connectivity index (χ1) is 6.94. The molecule has 3 unspecified atom stereocenters. The fraction of sp³-hybridized carbons (Fsp3) is 0.917. The van der Waals surface area contributed by atoms with Crippen molar-refractivity contribution in [3.63, 3.8) is 0 Å². The summed E-state index contributed by atoms with van der Waals surface area (Å²) in [6, 6.07) is 0.572. The molecule has 2 fully saturated rings. The lowest BCUT2D eigenvalue weighted by atomic mass is 9.96. The number of hydrogen-bond acceptors (Lipinski definition) is 3. The van der Waals surface area contributed by atoms with Crippen molar-refractivity contribution in [2.45, 2.75) is 51.7 Å². The zero-order valence-electron chi connectivity index (χ0n) is 9.88. The van der Waals surface area contributed by atoms with E-state index in [0.717, 1.165) is 12.5 Å². The monoisotopic (exact) mass is 211 g/mol. The number of esters is 1. The molecule has 1 heterocycles. The minimum atomic E-state index is -0.345. The molecule has 0 aromatic rings. The molecule has 1 saturated carbocycles. The van der Waals surface area contributed by atoms with Gasteiger partial charge >= 0.3 is 5.97 Å². The summed E-state index contributed by atoms with van der Waals surface area (Å²) in [5.41, 5.74) is -0.345. The molecule has 3 atom stereocenters. The Balaban J connectivity index is 1.80. The fourth-order valence-electron chi connectivity index (χ4n) is 2.80. The van der Waals surface area contributed by atoms with Gasteiger partial charge in [-0.3, -0.25) is 4.79 Å². The van der Waals surface area contributed by atoms with Crippen LogP contribution in [0.2, 0.25) is 0 Å². The van der Waals surface area contributed by atoms with Crippen molar-refractivity contribution in [3.05, 3.63) is 0 Å². The van der Waals surface area contributed by atoms with E-state index in [1.165, 1.54) is 12.8 Å². The van der Waals surface area contributed by atoms with Gasteiger partial charge in [0.25, 0.3) is 0 Å². The summed E-state index contributed by atoms with van der Waals surface area (Å²) in [6.07, 6.45) is 3.05. The molecule has 0 spiro atoms. The van der Waals surface area contributed by atoms with Crippen LogP contribution in [-0.2, 0) is 9.53 Å². The number of hydrogen-bond donors (Lipinski definition) is 1. The van der Waals surface area contributed by atoms with Gasteiger partial charge in [0.2, 0.25) is 0 Å². The number of carbonyl (C=O) groups is 1. The van der Waals surface area contributed by atoms with Crippen LogP contribution in [-0.4, -0.2) is 24.2 Å². The fourth-order valence-corrected chi connectivity index (χ4v) is 2.80. The molecule has 1 aliphatic heterocycles. The van der Waals surface area contributed by atoms with Crippen LogP contribution in [0.25, 0.3) is 0 Å². The average molecular weight is 211 g/mol. The van der Waals surface area contributed by atoms with Crippen molar-refractivity contribution in [2.75, 3.05) is 6.54 Å². The SMILES string of the molecule is CC(C)(C)OC(=O)CC1CC2CNC1C2. The topological polar surface area (TPSA) is 38.3 Å². The Bertz CT molecular complexity index is 257. The Morgan fingerprint density at radius 2 is 2.13 bits per heavy atom. The molecule has 3 heteroatoms. The van der Waals surface area contributed by atoms with Gasteiger partial charge in [0.1, 0.15) is 5.60 Å². The summed E-state index contributed by atoms with van der Waals surface area (Å²) < 4.78 is 5.34. The maximum Gasteiger partial charge on any atom is 0.306 e. The molecule has 2 bridgehead atoms. The molecule has 1 saturated heterocycles. The number of nitrogens with one attached hydrogen (secondary N) is 1. The highest BCUT2D eigenvalue weighted by atomic mass is 16.6. The van der Waals surface area contributed by atoms with Crippen LogP contribution in [0.1, 0.15) is 40.0 Å². The van der Waals surface area contributed by atoms with Gasteiger partial charge in [0, 0.05) is 12.5 Å². The predicted molar refractivity (Wildman–Crippen MR) is 58.5 cm³/mol. The van der Waals surface area contributed by atoms with E-state index in [1.54, 1.807) is 0 Å². The summed E-state index contributed by atoms with van der Waals surface area (Å²) in [7, 11) is 0. The zero-order chi connectivity index (χ0) is 11.1. The molecular weight excluding hydrogens is 190 g/mol. The molecule has 3 nitrogen and oxygen atoms in total. The average Bonchev–Trinajstić information content (AvgIpc) is 2.60. The van der Waals surface area contributed by atoms with Crippen LogP contribution >= 0.6 is 0 Å². The van der Waals surface area contributed by atoms with E-state index >= 15 is 0 Å². The second-order valence-electron chi connectivity index (χ2n) is 5.90. The van der Waals surface area contributed by atoms with E-state index in [4.69, 9.17) is 4.74 Å². The number of carbonyl (C=O) groups excluding carboxylic acids is 1. The van der Waals surface area contributed by atoms with Crippen molar-refractivity contribution in [1.29, 1.82) is 0 Å². The lowest BCUT2D eigenvalue weighted by Crippen LogP contribution is -2.35.